The number of imidazole rings is 3. The Kier molecular flexibility index (Phi) is 40.1. The number of nitrogen functional groups attached to an aromatic ring is 3. The zero-order valence-electron chi connectivity index (χ0n) is 66.2. The van der Waals surface area contributed by atoms with Gasteiger partial charge in [-0.05, 0) is 120 Å². The fourth-order valence-electron chi connectivity index (χ4n) is 8.79. The lowest BCUT2D eigenvalue weighted by atomic mass is 10.1. The molecule has 0 bridgehead atoms. The lowest BCUT2D eigenvalue weighted by Gasteiger charge is -2.25. The number of carbonyl (C=O) groups is 5. The van der Waals surface area contributed by atoms with Crippen LogP contribution in [-0.2, 0) is 120 Å². The average molecular weight is 1640 g/mol. The third-order valence-electron chi connectivity index (χ3n) is 13.8. The topological polar surface area (TPSA) is 544 Å². The summed E-state index contributed by atoms with van der Waals surface area (Å²) in [6.45, 7) is 26.5. The molecule has 0 radical (unpaired) electrons. The van der Waals surface area contributed by atoms with Crippen LogP contribution in [0.3, 0.4) is 0 Å². The molecule has 7 atom stereocenters. The van der Waals surface area contributed by atoms with Crippen molar-refractivity contribution in [2.75, 3.05) is 49.8 Å². The minimum Gasteiger partial charge on any atom is -0.478 e. The number of fused-ring (bicyclic) bond motifs is 3. The van der Waals surface area contributed by atoms with E-state index in [1.807, 2.05) is 51.1 Å². The minimum atomic E-state index is -4.06. The second-order valence-electron chi connectivity index (χ2n) is 24.8. The van der Waals surface area contributed by atoms with Gasteiger partial charge < -0.3 is 87.7 Å². The van der Waals surface area contributed by atoms with Crippen molar-refractivity contribution in [2.24, 2.45) is 0 Å². The highest BCUT2D eigenvalue weighted by atomic mass is 31.2. The number of aryl methyl sites for hydroxylation is 1. The molecule has 2 aromatic carbocycles. The maximum absolute atomic E-state index is 13.7. The van der Waals surface area contributed by atoms with Crippen molar-refractivity contribution in [1.82, 2.24) is 68.7 Å². The summed E-state index contributed by atoms with van der Waals surface area (Å²) in [5, 5.41) is 13.2. The number of anilines is 3. The molecule has 0 aliphatic carbocycles. The molecule has 6 heterocycles. The van der Waals surface area contributed by atoms with Crippen molar-refractivity contribution < 1.29 is 121 Å². The maximum atomic E-state index is 13.7. The number of nitrogens with zero attached hydrogens (tertiary/aromatic N) is 12. The molecular weight excluding hydrogens is 1540 g/mol. The Hall–Kier alpha value is -10.3. The molecule has 0 saturated carbocycles. The van der Waals surface area contributed by atoms with Gasteiger partial charge in [0.2, 0.25) is 13.6 Å². The Morgan fingerprint density at radius 1 is 0.545 bits per heavy atom. The number of benzene rings is 2. The number of halogens is 1. The summed E-state index contributed by atoms with van der Waals surface area (Å²) in [6.07, 6.45) is 4.02. The van der Waals surface area contributed by atoms with Crippen LogP contribution in [0.5, 0.6) is 5.75 Å². The van der Waals surface area contributed by atoms with Crippen molar-refractivity contribution in [1.29, 1.82) is 0 Å². The maximum Gasteiger partial charge on any atom is 0.510 e. The van der Waals surface area contributed by atoms with E-state index in [-0.39, 0.29) is 66.9 Å². The molecule has 8 rings (SSSR count). The Morgan fingerprint density at radius 2 is 0.893 bits per heavy atom. The molecule has 45 heteroatoms. The number of aromatic nitrogens is 12. The van der Waals surface area contributed by atoms with Crippen LogP contribution < -0.4 is 31.9 Å². The number of nitrogens with one attached hydrogen (secondary N) is 2. The number of para-hydroxylation sites is 1. The first-order chi connectivity index (χ1) is 53.4. The molecule has 112 heavy (non-hydrogen) atoms. The number of carboxylic acid groups (broad SMARTS) is 1. The van der Waals surface area contributed by atoms with Crippen LogP contribution in [0.25, 0.3) is 33.5 Å². The van der Waals surface area contributed by atoms with E-state index in [1.165, 1.54) is 25.3 Å². The van der Waals surface area contributed by atoms with Crippen LogP contribution in [-0.4, -0.2) is 187 Å². The summed E-state index contributed by atoms with van der Waals surface area (Å²) in [5.41, 5.74) is 22.5. The lowest BCUT2D eigenvalue weighted by molar-refractivity contribution is -0.192. The van der Waals surface area contributed by atoms with Crippen LogP contribution >= 0.6 is 22.6 Å². The van der Waals surface area contributed by atoms with Gasteiger partial charge in [0.1, 0.15) is 72.4 Å². The molecule has 0 amide bonds. The standard InChI is InChI=1S/C23H33N6O5P.C21H29N6O5P.C19H30N5O10P.C3H4O2.CO2.FH.H2/c1-15(2)34-23(30)18(5)28-35(31,33-11-19-9-7-6-8-16(19)3)14-32-17(4)10-29-13-27-20-21(24)25-12-26-22(20)29;1-14(2)31-21(28)16(4)26-33(29,32-17-8-6-5-7-9-17)13-30-15(3)10-27-12-25-18-19(22)23-11-24-20(18)27;1-12(2)33-18(25)28-9-31-35(27,32-10-29-19(26)34-13(3)4)11-30-14(5)6-24-8-23-15-16(20)21-7-22-17(15)24;1-2-3(4)5;2-1-3;;/h6-9,12-13,15,17-18H,10-11,14H2,1-5H3,(H,28,31)(H2,24,25,26);5-9,11-12,14-16H,10,13H2,1-4H3,(H,26,29)(H2,22,23,24);7-8,12-14H,6,9-11H2,1-5H3,(H2,20,21,22);2H,1H2,(H,4,5);;2*1H/t17-,18+,35?;15-,16+,33-;14-;;;;/m111..../s1/i;;;;;;1+2D. The molecule has 1 unspecified atom stereocenters. The summed E-state index contributed by atoms with van der Waals surface area (Å²) in [5.74, 6) is -0.818. The number of aliphatic carboxylic acids is 1. The van der Waals surface area contributed by atoms with E-state index in [0.29, 0.717) is 64.0 Å². The number of carbonyl (C=O) groups excluding carboxylic acids is 6. The number of esters is 2. The average Bonchev–Trinajstić information content (AvgIpc) is 1.67. The number of hydrogen-bond acceptors (Lipinski definition) is 35. The Morgan fingerprint density at radius 3 is 1.26 bits per heavy atom. The summed E-state index contributed by atoms with van der Waals surface area (Å²) in [7, 11) is -11.3. The predicted molar refractivity (Wildman–Crippen MR) is 404 cm³/mol. The van der Waals surface area contributed by atoms with Gasteiger partial charge in [-0.3, -0.25) is 37.0 Å². The highest BCUT2D eigenvalue weighted by Gasteiger charge is 2.34. The normalized spacial score (nSPS) is 13.6. The van der Waals surface area contributed by atoms with Crippen molar-refractivity contribution in [2.45, 2.75) is 178 Å². The van der Waals surface area contributed by atoms with Crippen LogP contribution in [0, 0.1) is 6.92 Å². The predicted octanol–water partition coefficient (Wildman–Crippen LogP) is 9.50. The molecule has 41 nitrogen and oxygen atoms in total. The summed E-state index contributed by atoms with van der Waals surface area (Å²) in [6, 6.07) is 14.6. The molecular formula is C67H99FN17O24P3. The number of carboxylic acids is 1. The number of rotatable bonds is 37. The van der Waals surface area contributed by atoms with E-state index in [2.05, 4.69) is 61.6 Å². The molecule has 8 aromatic rings. The van der Waals surface area contributed by atoms with E-state index in [9.17, 15) is 37.7 Å². The van der Waals surface area contributed by atoms with E-state index in [4.69, 9.17) is 95.6 Å². The van der Waals surface area contributed by atoms with Crippen LogP contribution in [0.2, 0.25) is 0 Å². The first-order valence-electron chi connectivity index (χ1n) is 35.0. The first-order valence-corrected chi connectivity index (χ1v) is 39.3. The molecule has 0 aliphatic heterocycles. The summed E-state index contributed by atoms with van der Waals surface area (Å²) in [4.78, 5) is 110. The van der Waals surface area contributed by atoms with Crippen molar-refractivity contribution >= 4 is 110 Å². The molecule has 6 aromatic heterocycles. The fourth-order valence-corrected chi connectivity index (χ4v) is 13.4. The van der Waals surface area contributed by atoms with Crippen molar-refractivity contribution in [3.8, 4) is 5.75 Å². The number of nitrogens with two attached hydrogens (primary N) is 3. The molecule has 0 spiro atoms. The van der Waals surface area contributed by atoms with Gasteiger partial charge >= 0.3 is 51.5 Å². The minimum absolute atomic E-state index is 0. The SMILES string of the molecule is C=CC(=O)O.CC(C)OC(=O)OCOP(=O)(CO[C@H](C)Cn1cnc2c(N)ncnc21)OCOC(=O)OC(C)C.CC(C)OC(=O)[C@H](C)N[P@@](=O)(CO[C@H](C)Cn1cnc2c(N)ncnc21)Oc1ccccc1.Cc1ccccc1COP(=O)(CO[C@H](C)Cn1cnc2c(N)ncnc21)N[C@@H](C)C(=O)OC(C)C.F.O=C=O.[2H][3H]. The van der Waals surface area contributed by atoms with Crippen LogP contribution in [0.4, 0.5) is 31.7 Å². The Labute approximate surface area is 647 Å². The third-order valence-corrected chi connectivity index (χ3v) is 18.8. The van der Waals surface area contributed by atoms with Crippen LogP contribution in [0.1, 0.15) is 104 Å². The lowest BCUT2D eigenvalue weighted by Crippen LogP contribution is -2.37. The highest BCUT2D eigenvalue weighted by Crippen LogP contribution is 2.49. The van der Waals surface area contributed by atoms with Crippen LogP contribution in [0.15, 0.2) is 105 Å². The highest BCUT2D eigenvalue weighted by molar-refractivity contribution is 7.57. The number of ether oxygens (including phenoxy) is 9. The van der Waals surface area contributed by atoms with E-state index in [1.54, 1.807) is 127 Å². The van der Waals surface area contributed by atoms with Gasteiger partial charge in [-0.15, -0.1) is 0 Å². The zero-order valence-corrected chi connectivity index (χ0v) is 66.9. The third kappa shape index (κ3) is 34.1. The van der Waals surface area contributed by atoms with Gasteiger partial charge in [-0.25, -0.2) is 69.4 Å². The quantitative estimate of drug-likeness (QED) is 0.00693. The van der Waals surface area contributed by atoms with Gasteiger partial charge in [0.25, 0.3) is 7.52 Å². The summed E-state index contributed by atoms with van der Waals surface area (Å²) >= 11 is 0. The van der Waals surface area contributed by atoms with E-state index >= 15 is 0 Å². The second-order valence-corrected chi connectivity index (χ2v) is 30.9. The number of hydrogen-bond donors (Lipinski definition) is 6. The second kappa shape index (κ2) is 47.8. The van der Waals surface area contributed by atoms with Crippen molar-refractivity contribution in [3.05, 3.63) is 116 Å². The van der Waals surface area contributed by atoms with Gasteiger partial charge in [0.15, 0.2) is 34.4 Å². The van der Waals surface area contributed by atoms with E-state index < -0.39 is 103 Å². The van der Waals surface area contributed by atoms with E-state index in [0.717, 1.165) is 17.2 Å². The van der Waals surface area contributed by atoms with Crippen molar-refractivity contribution in [3.63, 3.8) is 0 Å². The fraction of sp³-hybridized carbons (Fsp3) is 0.478. The first kappa shape index (κ1) is 94.0. The molecule has 0 aliphatic rings. The van der Waals surface area contributed by atoms with Gasteiger partial charge in [-0.1, -0.05) is 49.0 Å². The monoisotopic (exact) mass is 1640 g/mol. The molecule has 618 valence electrons. The zero-order chi connectivity index (χ0) is 84.6. The van der Waals surface area contributed by atoms with Gasteiger partial charge in [0.05, 0.1) is 88.0 Å². The van der Waals surface area contributed by atoms with Gasteiger partial charge in [-0.2, -0.15) is 9.59 Å². The molecule has 0 saturated heterocycles. The molecule has 0 fully saturated rings. The molecule has 9 N–H and O–H groups in total. The largest absolute Gasteiger partial charge is 0.510 e. The Balaban J connectivity index is 0.000000544. The van der Waals surface area contributed by atoms with Gasteiger partial charge in [0, 0.05) is 9.05 Å². The Bertz CT molecular complexity index is 4460. The summed E-state index contributed by atoms with van der Waals surface area (Å²) < 4.78 is 124. The smallest absolute Gasteiger partial charge is 0.478 e.